The molecular weight excluding hydrogens is 264 g/mol. The third kappa shape index (κ3) is 2.76. The summed E-state index contributed by atoms with van der Waals surface area (Å²) in [6, 6.07) is 11.6. The molecule has 0 aliphatic rings. The molecule has 106 valence electrons. The average Bonchev–Trinajstić information content (AvgIpc) is 2.77. The van der Waals surface area contributed by atoms with Gasteiger partial charge in [0.1, 0.15) is 5.82 Å². The number of nitrogens with one attached hydrogen (secondary N) is 1. The lowest BCUT2D eigenvalue weighted by Crippen LogP contribution is -2.16. The average molecular weight is 280 g/mol. The standard InChI is InChI=1S/C16H16N4O/c1-11-9-14(20(2)19-11)18-15(21)10-13-6-3-5-12-7-4-8-17-16(12)13/h3-9H,10H2,1-2H3,(H,18,21). The molecule has 0 bridgehead atoms. The van der Waals surface area contributed by atoms with Gasteiger partial charge < -0.3 is 5.32 Å². The fourth-order valence-electron chi connectivity index (χ4n) is 2.40. The van der Waals surface area contributed by atoms with E-state index in [4.69, 9.17) is 0 Å². The van der Waals surface area contributed by atoms with Gasteiger partial charge in [0.25, 0.3) is 0 Å². The van der Waals surface area contributed by atoms with E-state index in [-0.39, 0.29) is 5.91 Å². The number of aromatic nitrogens is 3. The zero-order valence-electron chi connectivity index (χ0n) is 12.0. The number of hydrogen-bond donors (Lipinski definition) is 1. The molecule has 1 aromatic carbocycles. The Balaban J connectivity index is 1.82. The molecule has 5 heteroatoms. The van der Waals surface area contributed by atoms with Gasteiger partial charge in [0, 0.05) is 24.7 Å². The molecule has 5 nitrogen and oxygen atoms in total. The van der Waals surface area contributed by atoms with E-state index in [9.17, 15) is 4.79 Å². The van der Waals surface area contributed by atoms with Crippen molar-refractivity contribution in [3.8, 4) is 0 Å². The van der Waals surface area contributed by atoms with Gasteiger partial charge >= 0.3 is 0 Å². The van der Waals surface area contributed by atoms with Crippen LogP contribution in [0, 0.1) is 6.92 Å². The number of carbonyl (C=O) groups excluding carboxylic acids is 1. The van der Waals surface area contributed by atoms with Gasteiger partial charge in [-0.3, -0.25) is 14.5 Å². The van der Waals surface area contributed by atoms with E-state index in [1.807, 2.05) is 50.4 Å². The maximum Gasteiger partial charge on any atom is 0.230 e. The molecule has 0 spiro atoms. The summed E-state index contributed by atoms with van der Waals surface area (Å²) >= 11 is 0. The van der Waals surface area contributed by atoms with Crippen LogP contribution in [0.1, 0.15) is 11.3 Å². The predicted octanol–water partition coefficient (Wildman–Crippen LogP) is 2.46. The van der Waals surface area contributed by atoms with Crippen LogP contribution < -0.4 is 5.32 Å². The zero-order valence-corrected chi connectivity index (χ0v) is 12.0. The lowest BCUT2D eigenvalue weighted by Gasteiger charge is -2.07. The van der Waals surface area contributed by atoms with Crippen molar-refractivity contribution in [2.45, 2.75) is 13.3 Å². The highest BCUT2D eigenvalue weighted by Crippen LogP contribution is 2.17. The number of rotatable bonds is 3. The number of aryl methyl sites for hydroxylation is 2. The van der Waals surface area contributed by atoms with E-state index >= 15 is 0 Å². The SMILES string of the molecule is Cc1cc(NC(=O)Cc2cccc3cccnc23)n(C)n1. The normalized spacial score (nSPS) is 10.8. The van der Waals surface area contributed by atoms with Gasteiger partial charge in [-0.1, -0.05) is 24.3 Å². The van der Waals surface area contributed by atoms with E-state index in [1.54, 1.807) is 10.9 Å². The molecule has 0 unspecified atom stereocenters. The smallest absolute Gasteiger partial charge is 0.230 e. The van der Waals surface area contributed by atoms with Gasteiger partial charge in [-0.05, 0) is 18.6 Å². The second-order valence-corrected chi connectivity index (χ2v) is 5.01. The highest BCUT2D eigenvalue weighted by atomic mass is 16.1. The van der Waals surface area contributed by atoms with Gasteiger partial charge in [-0.2, -0.15) is 5.10 Å². The van der Waals surface area contributed by atoms with E-state index in [0.29, 0.717) is 12.2 Å². The summed E-state index contributed by atoms with van der Waals surface area (Å²) < 4.78 is 1.66. The van der Waals surface area contributed by atoms with Crippen LogP contribution in [0.4, 0.5) is 5.82 Å². The van der Waals surface area contributed by atoms with Crippen LogP contribution in [0.15, 0.2) is 42.6 Å². The number of fused-ring (bicyclic) bond motifs is 1. The monoisotopic (exact) mass is 280 g/mol. The Labute approximate surface area is 122 Å². The number of amides is 1. The summed E-state index contributed by atoms with van der Waals surface area (Å²) in [6.07, 6.45) is 2.03. The summed E-state index contributed by atoms with van der Waals surface area (Å²) in [5, 5.41) is 8.13. The molecule has 0 saturated heterocycles. The van der Waals surface area contributed by atoms with E-state index in [0.717, 1.165) is 22.2 Å². The van der Waals surface area contributed by atoms with Crippen molar-refractivity contribution < 1.29 is 4.79 Å². The van der Waals surface area contributed by atoms with E-state index < -0.39 is 0 Å². The maximum absolute atomic E-state index is 12.2. The van der Waals surface area contributed by atoms with Crippen LogP contribution in [0.3, 0.4) is 0 Å². The molecule has 3 aromatic rings. The molecule has 21 heavy (non-hydrogen) atoms. The lowest BCUT2D eigenvalue weighted by molar-refractivity contribution is -0.115. The Morgan fingerprint density at radius 3 is 2.86 bits per heavy atom. The van der Waals surface area contributed by atoms with E-state index in [2.05, 4.69) is 15.4 Å². The first-order chi connectivity index (χ1) is 10.1. The van der Waals surface area contributed by atoms with Gasteiger partial charge in [-0.15, -0.1) is 0 Å². The first-order valence-electron chi connectivity index (χ1n) is 6.76. The van der Waals surface area contributed by atoms with Crippen molar-refractivity contribution in [2.75, 3.05) is 5.32 Å². The minimum absolute atomic E-state index is 0.0730. The Morgan fingerprint density at radius 2 is 2.10 bits per heavy atom. The molecule has 2 aromatic heterocycles. The van der Waals surface area contributed by atoms with Crippen LogP contribution in [-0.2, 0) is 18.3 Å². The Kier molecular flexibility index (Phi) is 3.39. The molecule has 0 aliphatic heterocycles. The van der Waals surface area contributed by atoms with Crippen molar-refractivity contribution in [1.29, 1.82) is 0 Å². The lowest BCUT2D eigenvalue weighted by atomic mass is 10.1. The van der Waals surface area contributed by atoms with E-state index in [1.165, 1.54) is 0 Å². The van der Waals surface area contributed by atoms with Crippen molar-refractivity contribution in [1.82, 2.24) is 14.8 Å². The summed E-state index contributed by atoms with van der Waals surface area (Å²) in [4.78, 5) is 16.6. The van der Waals surface area contributed by atoms with Crippen LogP contribution in [0.5, 0.6) is 0 Å². The van der Waals surface area contributed by atoms with Crippen molar-refractivity contribution >= 4 is 22.6 Å². The van der Waals surface area contributed by atoms with Crippen molar-refractivity contribution in [2.24, 2.45) is 7.05 Å². The van der Waals surface area contributed by atoms with Crippen LogP contribution in [-0.4, -0.2) is 20.7 Å². The van der Waals surface area contributed by atoms with Gasteiger partial charge in [-0.25, -0.2) is 0 Å². The van der Waals surface area contributed by atoms with Crippen molar-refractivity contribution in [3.63, 3.8) is 0 Å². The number of hydrogen-bond acceptors (Lipinski definition) is 3. The van der Waals surface area contributed by atoms with Crippen LogP contribution in [0.25, 0.3) is 10.9 Å². The molecule has 0 saturated carbocycles. The summed E-state index contributed by atoms with van der Waals surface area (Å²) in [6.45, 7) is 1.89. The predicted molar refractivity (Wildman–Crippen MR) is 82.0 cm³/mol. The number of anilines is 1. The number of benzene rings is 1. The minimum atomic E-state index is -0.0730. The molecule has 0 aliphatic carbocycles. The first kappa shape index (κ1) is 13.3. The van der Waals surface area contributed by atoms with Crippen molar-refractivity contribution in [3.05, 3.63) is 53.9 Å². The summed E-state index contributed by atoms with van der Waals surface area (Å²) in [7, 11) is 1.81. The van der Waals surface area contributed by atoms with Gasteiger partial charge in [0.05, 0.1) is 17.6 Å². The second kappa shape index (κ2) is 5.36. The molecule has 2 heterocycles. The molecule has 3 rings (SSSR count). The fraction of sp³-hybridized carbons (Fsp3) is 0.188. The third-order valence-electron chi connectivity index (χ3n) is 3.34. The highest BCUT2D eigenvalue weighted by Gasteiger charge is 2.10. The highest BCUT2D eigenvalue weighted by molar-refractivity contribution is 5.94. The fourth-order valence-corrected chi connectivity index (χ4v) is 2.40. The first-order valence-corrected chi connectivity index (χ1v) is 6.76. The summed E-state index contributed by atoms with van der Waals surface area (Å²) in [5.74, 6) is 0.627. The number of carbonyl (C=O) groups is 1. The van der Waals surface area contributed by atoms with Crippen LogP contribution >= 0.6 is 0 Å². The Bertz CT molecular complexity index is 802. The molecule has 1 amide bonds. The number of pyridine rings is 1. The third-order valence-corrected chi connectivity index (χ3v) is 3.34. The molecule has 0 fully saturated rings. The van der Waals surface area contributed by atoms with Gasteiger partial charge in [0.15, 0.2) is 0 Å². The maximum atomic E-state index is 12.2. The molecule has 1 N–H and O–H groups in total. The number of nitrogens with zero attached hydrogens (tertiary/aromatic N) is 3. The molecular formula is C16H16N4O. The molecule has 0 atom stereocenters. The van der Waals surface area contributed by atoms with Crippen LogP contribution in [0.2, 0.25) is 0 Å². The minimum Gasteiger partial charge on any atom is -0.311 e. The summed E-state index contributed by atoms with van der Waals surface area (Å²) in [5.41, 5.74) is 2.67. The molecule has 0 radical (unpaired) electrons. The topological polar surface area (TPSA) is 59.8 Å². The second-order valence-electron chi connectivity index (χ2n) is 5.01. The number of para-hydroxylation sites is 1. The Hall–Kier alpha value is -2.69. The quantitative estimate of drug-likeness (QED) is 0.801. The van der Waals surface area contributed by atoms with Gasteiger partial charge in [0.2, 0.25) is 5.91 Å². The largest absolute Gasteiger partial charge is 0.311 e. The zero-order chi connectivity index (χ0) is 14.8. The Morgan fingerprint density at radius 1 is 1.29 bits per heavy atom.